The second-order valence-corrected chi connectivity index (χ2v) is 5.99. The first kappa shape index (κ1) is 13.2. The van der Waals surface area contributed by atoms with Crippen molar-refractivity contribution in [2.75, 3.05) is 0 Å². The topological polar surface area (TPSA) is 72.0 Å². The van der Waals surface area contributed by atoms with Crippen LogP contribution in [0.1, 0.15) is 0 Å². The molecule has 1 aromatic carbocycles. The molecule has 0 aliphatic heterocycles. The highest BCUT2D eigenvalue weighted by Crippen LogP contribution is 2.42. The highest BCUT2D eigenvalue weighted by molar-refractivity contribution is 7.22. The number of aromatic nitrogens is 3. The van der Waals surface area contributed by atoms with Gasteiger partial charge in [0.1, 0.15) is 15.5 Å². The molecule has 3 heterocycles. The van der Waals surface area contributed by atoms with E-state index in [9.17, 15) is 5.11 Å². The monoisotopic (exact) mass is 329 g/mol. The molecule has 0 amide bonds. The molecule has 0 spiro atoms. The number of rotatable bonds is 2. The van der Waals surface area contributed by atoms with Gasteiger partial charge < -0.3 is 9.52 Å². The molecule has 0 saturated carbocycles. The van der Waals surface area contributed by atoms with Crippen molar-refractivity contribution in [1.82, 2.24) is 15.2 Å². The van der Waals surface area contributed by atoms with E-state index in [2.05, 4.69) is 15.2 Å². The Morgan fingerprint density at radius 1 is 1.05 bits per heavy atom. The van der Waals surface area contributed by atoms with Gasteiger partial charge in [-0.1, -0.05) is 11.6 Å². The normalized spacial score (nSPS) is 11.1. The summed E-state index contributed by atoms with van der Waals surface area (Å²) in [4.78, 5) is 5.46. The SMILES string of the molecule is Oc1c(-c2nnc(-c3ccc(Cl)cc3)o2)sc2ncccc12. The number of thiophene rings is 1. The lowest BCUT2D eigenvalue weighted by Gasteiger charge is -1.94. The molecular weight excluding hydrogens is 322 g/mol. The minimum absolute atomic E-state index is 0.111. The van der Waals surface area contributed by atoms with Gasteiger partial charge in [-0.3, -0.25) is 0 Å². The molecule has 22 heavy (non-hydrogen) atoms. The van der Waals surface area contributed by atoms with Crippen molar-refractivity contribution in [3.8, 4) is 28.0 Å². The molecule has 0 aliphatic rings. The van der Waals surface area contributed by atoms with Crippen molar-refractivity contribution in [2.24, 2.45) is 0 Å². The third-order valence-electron chi connectivity index (χ3n) is 3.15. The van der Waals surface area contributed by atoms with E-state index < -0.39 is 0 Å². The molecule has 0 radical (unpaired) electrons. The fourth-order valence-corrected chi connectivity index (χ4v) is 3.17. The summed E-state index contributed by atoms with van der Waals surface area (Å²) in [5.74, 6) is 0.751. The number of halogens is 1. The summed E-state index contributed by atoms with van der Waals surface area (Å²) in [5, 5.41) is 19.6. The van der Waals surface area contributed by atoms with Crippen LogP contribution in [0.3, 0.4) is 0 Å². The number of hydrogen-bond donors (Lipinski definition) is 1. The van der Waals surface area contributed by atoms with Gasteiger partial charge in [-0.25, -0.2) is 4.98 Å². The molecule has 0 atom stereocenters. The van der Waals surface area contributed by atoms with E-state index in [-0.39, 0.29) is 11.6 Å². The number of nitrogens with zero attached hydrogens (tertiary/aromatic N) is 3. The second kappa shape index (κ2) is 5.08. The van der Waals surface area contributed by atoms with Crippen LogP contribution in [0.2, 0.25) is 5.02 Å². The molecule has 0 bridgehead atoms. The number of benzene rings is 1. The summed E-state index contributed by atoms with van der Waals surface area (Å²) in [6.07, 6.45) is 1.68. The molecule has 5 nitrogen and oxygen atoms in total. The predicted molar refractivity (Wildman–Crippen MR) is 85.0 cm³/mol. The van der Waals surface area contributed by atoms with Crippen LogP contribution in [0.15, 0.2) is 47.0 Å². The Hall–Kier alpha value is -2.44. The van der Waals surface area contributed by atoms with E-state index in [4.69, 9.17) is 16.0 Å². The van der Waals surface area contributed by atoms with E-state index in [1.54, 1.807) is 42.6 Å². The van der Waals surface area contributed by atoms with Gasteiger partial charge in [0.05, 0.1) is 5.39 Å². The summed E-state index contributed by atoms with van der Waals surface area (Å²) < 4.78 is 5.66. The molecule has 0 aliphatic carbocycles. The largest absolute Gasteiger partial charge is 0.506 e. The molecule has 7 heteroatoms. The fraction of sp³-hybridized carbons (Fsp3) is 0. The Bertz CT molecular complexity index is 963. The Balaban J connectivity index is 1.80. The zero-order valence-electron chi connectivity index (χ0n) is 11.0. The van der Waals surface area contributed by atoms with Crippen LogP contribution in [0, 0.1) is 0 Å². The van der Waals surface area contributed by atoms with E-state index in [0.717, 1.165) is 10.4 Å². The third-order valence-corrected chi connectivity index (χ3v) is 4.49. The zero-order valence-corrected chi connectivity index (χ0v) is 12.6. The van der Waals surface area contributed by atoms with Crippen LogP contribution in [0.4, 0.5) is 0 Å². The maximum Gasteiger partial charge on any atom is 0.262 e. The minimum Gasteiger partial charge on any atom is -0.506 e. The van der Waals surface area contributed by atoms with E-state index in [0.29, 0.717) is 21.2 Å². The lowest BCUT2D eigenvalue weighted by atomic mass is 10.2. The highest BCUT2D eigenvalue weighted by Gasteiger charge is 2.19. The highest BCUT2D eigenvalue weighted by atomic mass is 35.5. The van der Waals surface area contributed by atoms with Crippen LogP contribution in [-0.4, -0.2) is 20.3 Å². The molecule has 3 aromatic heterocycles. The number of aromatic hydroxyl groups is 1. The second-order valence-electron chi connectivity index (χ2n) is 4.56. The third kappa shape index (κ3) is 2.13. The van der Waals surface area contributed by atoms with Crippen molar-refractivity contribution < 1.29 is 9.52 Å². The first-order valence-corrected chi connectivity index (χ1v) is 7.58. The number of fused-ring (bicyclic) bond motifs is 1. The van der Waals surface area contributed by atoms with Crippen molar-refractivity contribution in [2.45, 2.75) is 0 Å². The van der Waals surface area contributed by atoms with E-state index in [1.165, 1.54) is 11.3 Å². The molecule has 0 unspecified atom stereocenters. The van der Waals surface area contributed by atoms with Crippen LogP contribution in [-0.2, 0) is 0 Å². The molecule has 4 aromatic rings. The summed E-state index contributed by atoms with van der Waals surface area (Å²) >= 11 is 7.17. The van der Waals surface area contributed by atoms with Gasteiger partial charge in [0.2, 0.25) is 5.89 Å². The Morgan fingerprint density at radius 3 is 2.59 bits per heavy atom. The maximum atomic E-state index is 10.3. The standard InChI is InChI=1S/C15H8ClN3O2S/c16-9-5-3-8(4-6-9)13-18-19-14(21-13)12-11(20)10-2-1-7-17-15(10)22-12/h1-7,20H. The Morgan fingerprint density at radius 2 is 1.82 bits per heavy atom. The molecule has 1 N–H and O–H groups in total. The quantitative estimate of drug-likeness (QED) is 0.591. The van der Waals surface area contributed by atoms with Crippen LogP contribution in [0.5, 0.6) is 5.75 Å². The van der Waals surface area contributed by atoms with Crippen LogP contribution < -0.4 is 0 Å². The Labute approximate surface area is 133 Å². The maximum absolute atomic E-state index is 10.3. The number of pyridine rings is 1. The van der Waals surface area contributed by atoms with Gasteiger partial charge in [0.25, 0.3) is 5.89 Å². The van der Waals surface area contributed by atoms with Crippen molar-refractivity contribution >= 4 is 33.2 Å². The lowest BCUT2D eigenvalue weighted by molar-refractivity contribution is 0.481. The zero-order chi connectivity index (χ0) is 15.1. The Kier molecular flexibility index (Phi) is 3.06. The van der Waals surface area contributed by atoms with Crippen molar-refractivity contribution in [3.63, 3.8) is 0 Å². The average Bonchev–Trinajstić information content (AvgIpc) is 3.14. The number of hydrogen-bond acceptors (Lipinski definition) is 6. The lowest BCUT2D eigenvalue weighted by Crippen LogP contribution is -1.76. The first-order chi connectivity index (χ1) is 10.7. The summed E-state index contributed by atoms with van der Waals surface area (Å²) in [7, 11) is 0. The minimum atomic E-state index is 0.111. The van der Waals surface area contributed by atoms with Gasteiger partial charge in [-0.2, -0.15) is 0 Å². The smallest absolute Gasteiger partial charge is 0.262 e. The van der Waals surface area contributed by atoms with Gasteiger partial charge in [0, 0.05) is 16.8 Å². The van der Waals surface area contributed by atoms with Gasteiger partial charge in [-0.05, 0) is 36.4 Å². The van der Waals surface area contributed by atoms with Crippen molar-refractivity contribution in [3.05, 3.63) is 47.6 Å². The summed E-state index contributed by atoms with van der Waals surface area (Å²) in [5.41, 5.74) is 0.766. The van der Waals surface area contributed by atoms with Crippen molar-refractivity contribution in [1.29, 1.82) is 0 Å². The molecular formula is C15H8ClN3O2S. The molecule has 0 saturated heterocycles. The van der Waals surface area contributed by atoms with E-state index in [1.807, 2.05) is 0 Å². The predicted octanol–water partition coefficient (Wildman–Crippen LogP) is 4.37. The van der Waals surface area contributed by atoms with Gasteiger partial charge in [-0.15, -0.1) is 21.5 Å². The molecule has 0 fully saturated rings. The van der Waals surface area contributed by atoms with Gasteiger partial charge >= 0.3 is 0 Å². The van der Waals surface area contributed by atoms with Gasteiger partial charge in [0.15, 0.2) is 0 Å². The van der Waals surface area contributed by atoms with Crippen LogP contribution >= 0.6 is 22.9 Å². The summed E-state index contributed by atoms with van der Waals surface area (Å²) in [6, 6.07) is 10.7. The van der Waals surface area contributed by atoms with E-state index >= 15 is 0 Å². The summed E-state index contributed by atoms with van der Waals surface area (Å²) in [6.45, 7) is 0. The first-order valence-electron chi connectivity index (χ1n) is 6.38. The fourth-order valence-electron chi connectivity index (χ4n) is 2.09. The van der Waals surface area contributed by atoms with Crippen LogP contribution in [0.25, 0.3) is 32.4 Å². The molecule has 108 valence electrons. The molecule has 4 rings (SSSR count). The average molecular weight is 330 g/mol.